The number of ether oxygens (including phenoxy) is 1. The summed E-state index contributed by atoms with van der Waals surface area (Å²) in [5.41, 5.74) is 1.83. The van der Waals surface area contributed by atoms with E-state index in [0.29, 0.717) is 17.9 Å². The normalized spacial score (nSPS) is 11.9. The summed E-state index contributed by atoms with van der Waals surface area (Å²) in [6, 6.07) is 17.4. The van der Waals surface area contributed by atoms with Crippen molar-refractivity contribution >= 4 is 11.7 Å². The van der Waals surface area contributed by atoms with Crippen LogP contribution in [-0.4, -0.2) is 48.9 Å². The van der Waals surface area contributed by atoms with Gasteiger partial charge in [0.2, 0.25) is 0 Å². The van der Waals surface area contributed by atoms with Gasteiger partial charge in [-0.15, -0.1) is 0 Å². The molecule has 1 unspecified atom stereocenters. The molecular formula is C23H30N2O3. The third-order valence-electron chi connectivity index (χ3n) is 4.79. The first-order valence-electron chi connectivity index (χ1n) is 9.82. The van der Waals surface area contributed by atoms with E-state index >= 15 is 0 Å². The predicted molar refractivity (Wildman–Crippen MR) is 112 cm³/mol. The molecule has 0 saturated carbocycles. The summed E-state index contributed by atoms with van der Waals surface area (Å²) in [6.45, 7) is 8.12. The summed E-state index contributed by atoms with van der Waals surface area (Å²) in [4.78, 5) is 26.1. The van der Waals surface area contributed by atoms with Crippen LogP contribution in [0.4, 0.5) is 0 Å². The van der Waals surface area contributed by atoms with E-state index in [9.17, 15) is 9.59 Å². The van der Waals surface area contributed by atoms with Gasteiger partial charge in [0.25, 0.3) is 5.91 Å². The van der Waals surface area contributed by atoms with Gasteiger partial charge < -0.3 is 10.1 Å². The van der Waals surface area contributed by atoms with Crippen LogP contribution in [0.1, 0.15) is 36.7 Å². The van der Waals surface area contributed by atoms with E-state index in [1.807, 2.05) is 18.2 Å². The molecule has 1 atom stereocenters. The van der Waals surface area contributed by atoms with Gasteiger partial charge in [0.15, 0.2) is 12.4 Å². The highest BCUT2D eigenvalue weighted by atomic mass is 16.5. The maximum atomic E-state index is 12.3. The van der Waals surface area contributed by atoms with Gasteiger partial charge in [-0.25, -0.2) is 0 Å². The smallest absolute Gasteiger partial charge is 0.257 e. The summed E-state index contributed by atoms with van der Waals surface area (Å²) >= 11 is 0. The Bertz CT molecular complexity index is 757. The molecule has 1 amide bonds. The number of likely N-dealkylation sites (N-methyl/N-ethyl adjacent to an activating group) is 1. The van der Waals surface area contributed by atoms with E-state index in [1.165, 1.54) is 12.5 Å². The van der Waals surface area contributed by atoms with Crippen LogP contribution in [0.15, 0.2) is 54.6 Å². The van der Waals surface area contributed by atoms with Crippen molar-refractivity contribution in [3.05, 3.63) is 65.7 Å². The Balaban J connectivity index is 1.89. The third kappa shape index (κ3) is 6.82. The van der Waals surface area contributed by atoms with Gasteiger partial charge in [-0.2, -0.15) is 0 Å². The molecule has 0 fully saturated rings. The van der Waals surface area contributed by atoms with Crippen LogP contribution in [0.3, 0.4) is 0 Å². The molecule has 5 heteroatoms. The number of nitrogens with zero attached hydrogens (tertiary/aromatic N) is 1. The highest BCUT2D eigenvalue weighted by Crippen LogP contribution is 2.13. The van der Waals surface area contributed by atoms with Crippen LogP contribution >= 0.6 is 0 Å². The molecular weight excluding hydrogens is 352 g/mol. The van der Waals surface area contributed by atoms with Crippen molar-refractivity contribution in [1.82, 2.24) is 10.2 Å². The van der Waals surface area contributed by atoms with Crippen LogP contribution in [0.25, 0.3) is 0 Å². The second-order valence-electron chi connectivity index (χ2n) is 6.74. The Morgan fingerprint density at radius 3 is 2.39 bits per heavy atom. The first kappa shape index (κ1) is 21.6. The minimum Gasteiger partial charge on any atom is -0.484 e. The van der Waals surface area contributed by atoms with Gasteiger partial charge in [0, 0.05) is 18.2 Å². The van der Waals surface area contributed by atoms with Crippen molar-refractivity contribution in [2.75, 3.05) is 26.2 Å². The SMILES string of the molecule is CCN(CC)C(CNC(=O)COc1cccc(C(C)=O)c1)Cc1ccccc1. The maximum Gasteiger partial charge on any atom is 0.257 e. The fourth-order valence-electron chi connectivity index (χ4n) is 3.19. The molecule has 0 bridgehead atoms. The van der Waals surface area contributed by atoms with Crippen molar-refractivity contribution in [1.29, 1.82) is 0 Å². The molecule has 0 aliphatic rings. The van der Waals surface area contributed by atoms with E-state index in [2.05, 4.69) is 36.2 Å². The molecule has 2 aromatic rings. The molecule has 28 heavy (non-hydrogen) atoms. The van der Waals surface area contributed by atoms with Crippen LogP contribution in [0.5, 0.6) is 5.75 Å². The highest BCUT2D eigenvalue weighted by molar-refractivity contribution is 5.94. The minimum absolute atomic E-state index is 0.0297. The number of amides is 1. The number of Topliss-reactive ketones (excluding diaryl/α,β-unsaturated/α-hetero) is 1. The van der Waals surface area contributed by atoms with Crippen molar-refractivity contribution in [2.24, 2.45) is 0 Å². The van der Waals surface area contributed by atoms with Crippen LogP contribution < -0.4 is 10.1 Å². The second-order valence-corrected chi connectivity index (χ2v) is 6.74. The van der Waals surface area contributed by atoms with Gasteiger partial charge in [-0.05, 0) is 44.1 Å². The third-order valence-corrected chi connectivity index (χ3v) is 4.79. The lowest BCUT2D eigenvalue weighted by Crippen LogP contribution is -2.46. The topological polar surface area (TPSA) is 58.6 Å². The average Bonchev–Trinajstić information content (AvgIpc) is 2.72. The largest absolute Gasteiger partial charge is 0.484 e. The summed E-state index contributed by atoms with van der Waals surface area (Å²) < 4.78 is 5.54. The summed E-state index contributed by atoms with van der Waals surface area (Å²) in [6.07, 6.45) is 0.879. The standard InChI is InChI=1S/C23H30N2O3/c1-4-25(5-2)21(14-19-10-7-6-8-11-19)16-24-23(27)17-28-22-13-9-12-20(15-22)18(3)26/h6-13,15,21H,4-5,14,16-17H2,1-3H3,(H,24,27). The Morgan fingerprint density at radius 2 is 1.75 bits per heavy atom. The molecule has 0 heterocycles. The van der Waals surface area contributed by atoms with Gasteiger partial charge in [-0.1, -0.05) is 56.3 Å². The Kier molecular flexibility index (Phi) is 8.69. The minimum atomic E-state index is -0.168. The van der Waals surface area contributed by atoms with Crippen LogP contribution in [-0.2, 0) is 11.2 Å². The monoisotopic (exact) mass is 382 g/mol. The number of carbonyl (C=O) groups excluding carboxylic acids is 2. The fraction of sp³-hybridized carbons (Fsp3) is 0.391. The number of ketones is 1. The molecule has 5 nitrogen and oxygen atoms in total. The highest BCUT2D eigenvalue weighted by Gasteiger charge is 2.17. The lowest BCUT2D eigenvalue weighted by Gasteiger charge is -2.30. The predicted octanol–water partition coefficient (Wildman–Crippen LogP) is 3.34. The molecule has 0 aliphatic heterocycles. The van der Waals surface area contributed by atoms with Gasteiger partial charge in [0.1, 0.15) is 5.75 Å². The fourth-order valence-corrected chi connectivity index (χ4v) is 3.19. The molecule has 0 spiro atoms. The molecule has 150 valence electrons. The Labute approximate surface area is 167 Å². The van der Waals surface area contributed by atoms with Gasteiger partial charge in [-0.3, -0.25) is 14.5 Å². The maximum absolute atomic E-state index is 12.3. The number of nitrogens with one attached hydrogen (secondary N) is 1. The molecule has 2 rings (SSSR count). The quantitative estimate of drug-likeness (QED) is 0.606. The van der Waals surface area contributed by atoms with E-state index in [-0.39, 0.29) is 24.3 Å². The summed E-state index contributed by atoms with van der Waals surface area (Å²) in [5, 5.41) is 2.99. The summed E-state index contributed by atoms with van der Waals surface area (Å²) in [7, 11) is 0. The zero-order valence-corrected chi connectivity index (χ0v) is 17.0. The number of hydrogen-bond acceptors (Lipinski definition) is 4. The van der Waals surface area contributed by atoms with E-state index < -0.39 is 0 Å². The molecule has 2 aromatic carbocycles. The molecule has 1 N–H and O–H groups in total. The van der Waals surface area contributed by atoms with Crippen molar-refractivity contribution in [2.45, 2.75) is 33.2 Å². The first-order valence-corrected chi connectivity index (χ1v) is 9.82. The van der Waals surface area contributed by atoms with Crippen molar-refractivity contribution in [3.8, 4) is 5.75 Å². The van der Waals surface area contributed by atoms with E-state index in [4.69, 9.17) is 4.74 Å². The zero-order valence-electron chi connectivity index (χ0n) is 17.0. The van der Waals surface area contributed by atoms with Crippen molar-refractivity contribution in [3.63, 3.8) is 0 Å². The number of hydrogen-bond donors (Lipinski definition) is 1. The van der Waals surface area contributed by atoms with E-state index in [1.54, 1.807) is 24.3 Å². The van der Waals surface area contributed by atoms with Gasteiger partial charge >= 0.3 is 0 Å². The van der Waals surface area contributed by atoms with Crippen LogP contribution in [0, 0.1) is 0 Å². The molecule has 0 saturated heterocycles. The van der Waals surface area contributed by atoms with E-state index in [0.717, 1.165) is 19.5 Å². The molecule has 0 radical (unpaired) electrons. The zero-order chi connectivity index (χ0) is 20.4. The first-order chi connectivity index (χ1) is 13.5. The molecule has 0 aliphatic carbocycles. The number of rotatable bonds is 11. The Hall–Kier alpha value is -2.66. The number of benzene rings is 2. The molecule has 0 aromatic heterocycles. The van der Waals surface area contributed by atoms with Crippen LogP contribution in [0.2, 0.25) is 0 Å². The lowest BCUT2D eigenvalue weighted by atomic mass is 10.0. The Morgan fingerprint density at radius 1 is 1.04 bits per heavy atom. The van der Waals surface area contributed by atoms with Gasteiger partial charge in [0.05, 0.1) is 0 Å². The second kappa shape index (κ2) is 11.2. The average molecular weight is 383 g/mol. The van der Waals surface area contributed by atoms with Crippen molar-refractivity contribution < 1.29 is 14.3 Å². The number of carbonyl (C=O) groups is 2. The summed E-state index contributed by atoms with van der Waals surface area (Å²) in [5.74, 6) is 0.323. The lowest BCUT2D eigenvalue weighted by molar-refractivity contribution is -0.123.